The molecule has 3 nitrogen and oxygen atoms in total. The van der Waals surface area contributed by atoms with Crippen molar-refractivity contribution in [3.05, 3.63) is 16.5 Å². The maximum absolute atomic E-state index is 4.91. The number of methoxy groups -OCH3 is 1. The predicted octanol–water partition coefficient (Wildman–Crippen LogP) is 1.56. The summed E-state index contributed by atoms with van der Waals surface area (Å²) in [6.07, 6.45) is 1.67. The van der Waals surface area contributed by atoms with Gasteiger partial charge in [-0.1, -0.05) is 0 Å². The highest BCUT2D eigenvalue weighted by molar-refractivity contribution is 9.10. The number of ether oxygens (including phenoxy) is 1. The van der Waals surface area contributed by atoms with Crippen LogP contribution in [0.4, 0.5) is 0 Å². The van der Waals surface area contributed by atoms with Crippen LogP contribution in [0, 0.1) is 6.92 Å². The van der Waals surface area contributed by atoms with Gasteiger partial charge in [0.2, 0.25) is 5.88 Å². The van der Waals surface area contributed by atoms with E-state index in [0.717, 1.165) is 5.69 Å². The molecule has 0 unspecified atom stereocenters. The molecule has 0 saturated carbocycles. The molecule has 0 aromatic carbocycles. The summed E-state index contributed by atoms with van der Waals surface area (Å²) in [6.45, 7) is 1.86. The van der Waals surface area contributed by atoms with Gasteiger partial charge in [0.05, 0.1) is 12.8 Å². The lowest BCUT2D eigenvalue weighted by Crippen LogP contribution is -1.92. The fraction of sp³-hybridized carbons (Fsp3) is 0.333. The van der Waals surface area contributed by atoms with Gasteiger partial charge < -0.3 is 4.74 Å². The number of nitrogens with zero attached hydrogens (tertiary/aromatic N) is 2. The van der Waals surface area contributed by atoms with E-state index < -0.39 is 0 Å². The third-order valence-corrected chi connectivity index (χ3v) is 1.56. The number of hydrogen-bond acceptors (Lipinski definition) is 3. The van der Waals surface area contributed by atoms with Gasteiger partial charge in [-0.25, -0.2) is 9.97 Å². The normalized spacial score (nSPS) is 9.50. The zero-order valence-electron chi connectivity index (χ0n) is 5.76. The van der Waals surface area contributed by atoms with E-state index in [1.165, 1.54) is 0 Å². The topological polar surface area (TPSA) is 35.0 Å². The lowest BCUT2D eigenvalue weighted by Gasteiger charge is -1.99. The van der Waals surface area contributed by atoms with E-state index in [0.29, 0.717) is 10.5 Å². The van der Waals surface area contributed by atoms with E-state index in [-0.39, 0.29) is 0 Å². The summed E-state index contributed by atoms with van der Waals surface area (Å²) in [4.78, 5) is 8.04. The van der Waals surface area contributed by atoms with Crippen LogP contribution < -0.4 is 4.74 Å². The van der Waals surface area contributed by atoms with E-state index in [1.54, 1.807) is 13.3 Å². The summed E-state index contributed by atoms with van der Waals surface area (Å²) in [7, 11) is 1.56. The molecule has 1 rings (SSSR count). The molecule has 54 valence electrons. The average Bonchev–Trinajstić information content (AvgIpc) is 1.94. The number of halogens is 1. The van der Waals surface area contributed by atoms with Crippen molar-refractivity contribution in [3.8, 4) is 5.88 Å². The maximum Gasteiger partial charge on any atom is 0.247 e. The fourth-order valence-corrected chi connectivity index (χ4v) is 0.923. The van der Waals surface area contributed by atoms with Gasteiger partial charge in [-0.05, 0) is 22.9 Å². The molecular weight excluding hydrogens is 196 g/mol. The largest absolute Gasteiger partial charge is 0.479 e. The van der Waals surface area contributed by atoms with Gasteiger partial charge in [-0.15, -0.1) is 0 Å². The maximum atomic E-state index is 4.91. The second kappa shape index (κ2) is 2.96. The first kappa shape index (κ1) is 7.47. The fourth-order valence-electron chi connectivity index (χ4n) is 0.570. The Bertz CT molecular complexity index is 239. The van der Waals surface area contributed by atoms with Crippen LogP contribution in [0.15, 0.2) is 10.8 Å². The zero-order valence-corrected chi connectivity index (χ0v) is 7.34. The molecule has 1 aromatic rings. The molecule has 0 aliphatic carbocycles. The van der Waals surface area contributed by atoms with Crippen molar-refractivity contribution in [1.29, 1.82) is 0 Å². The average molecular weight is 203 g/mol. The Balaban J connectivity index is 3.09. The first-order valence-electron chi connectivity index (χ1n) is 2.77. The molecule has 0 fully saturated rings. The Labute approximate surface area is 67.6 Å². The second-order valence-corrected chi connectivity index (χ2v) is 2.56. The Morgan fingerprint density at radius 3 is 2.80 bits per heavy atom. The number of hydrogen-bond donors (Lipinski definition) is 0. The molecule has 0 aliphatic rings. The van der Waals surface area contributed by atoms with Gasteiger partial charge in [-0.2, -0.15) is 0 Å². The quantitative estimate of drug-likeness (QED) is 0.694. The standard InChI is InChI=1S/C6H7BrN2O/c1-4-3-8-5(7)6(9-4)10-2/h3H,1-2H3. The van der Waals surface area contributed by atoms with Crippen molar-refractivity contribution in [2.75, 3.05) is 7.11 Å². The molecule has 1 heterocycles. The molecule has 0 atom stereocenters. The molecule has 0 aliphatic heterocycles. The molecule has 0 radical (unpaired) electrons. The van der Waals surface area contributed by atoms with Crippen LogP contribution >= 0.6 is 15.9 Å². The van der Waals surface area contributed by atoms with Crippen molar-refractivity contribution in [1.82, 2.24) is 9.97 Å². The molecule has 0 saturated heterocycles. The van der Waals surface area contributed by atoms with Crippen LogP contribution in [0.3, 0.4) is 0 Å². The van der Waals surface area contributed by atoms with E-state index in [9.17, 15) is 0 Å². The second-order valence-electron chi connectivity index (χ2n) is 1.81. The molecule has 0 N–H and O–H groups in total. The molecular formula is C6H7BrN2O. The zero-order chi connectivity index (χ0) is 7.56. The van der Waals surface area contributed by atoms with Gasteiger partial charge >= 0.3 is 0 Å². The summed E-state index contributed by atoms with van der Waals surface area (Å²) in [5, 5.41) is 0. The Hall–Kier alpha value is -0.640. The van der Waals surface area contributed by atoms with Crippen LogP contribution in [-0.2, 0) is 0 Å². The third kappa shape index (κ3) is 1.44. The van der Waals surface area contributed by atoms with Crippen molar-refractivity contribution >= 4 is 15.9 Å². The molecule has 4 heteroatoms. The number of rotatable bonds is 1. The molecule has 10 heavy (non-hydrogen) atoms. The monoisotopic (exact) mass is 202 g/mol. The highest BCUT2D eigenvalue weighted by Gasteiger charge is 2.00. The van der Waals surface area contributed by atoms with Crippen molar-refractivity contribution < 1.29 is 4.74 Å². The van der Waals surface area contributed by atoms with Crippen LogP contribution in [0.5, 0.6) is 5.88 Å². The summed E-state index contributed by atoms with van der Waals surface area (Å²) in [6, 6.07) is 0. The van der Waals surface area contributed by atoms with Crippen molar-refractivity contribution in [2.24, 2.45) is 0 Å². The van der Waals surface area contributed by atoms with Gasteiger partial charge in [0.1, 0.15) is 0 Å². The summed E-state index contributed by atoms with van der Waals surface area (Å²) in [5.41, 5.74) is 0.847. The number of aryl methyl sites for hydroxylation is 1. The van der Waals surface area contributed by atoms with Crippen molar-refractivity contribution in [3.63, 3.8) is 0 Å². The van der Waals surface area contributed by atoms with Gasteiger partial charge in [0.15, 0.2) is 4.60 Å². The highest BCUT2D eigenvalue weighted by atomic mass is 79.9. The summed E-state index contributed by atoms with van der Waals surface area (Å²) < 4.78 is 5.54. The smallest absolute Gasteiger partial charge is 0.247 e. The van der Waals surface area contributed by atoms with E-state index >= 15 is 0 Å². The Morgan fingerprint density at radius 2 is 2.30 bits per heavy atom. The van der Waals surface area contributed by atoms with E-state index in [2.05, 4.69) is 25.9 Å². The van der Waals surface area contributed by atoms with E-state index in [4.69, 9.17) is 4.74 Å². The third-order valence-electron chi connectivity index (χ3n) is 1.01. The molecule has 0 bridgehead atoms. The lowest BCUT2D eigenvalue weighted by molar-refractivity contribution is 0.391. The Kier molecular flexibility index (Phi) is 2.21. The minimum atomic E-state index is 0.528. The van der Waals surface area contributed by atoms with Gasteiger partial charge in [0, 0.05) is 6.20 Å². The predicted molar refractivity (Wildman–Crippen MR) is 41.0 cm³/mol. The minimum absolute atomic E-state index is 0.528. The van der Waals surface area contributed by atoms with E-state index in [1.807, 2.05) is 6.92 Å². The van der Waals surface area contributed by atoms with Crippen LogP contribution in [0.2, 0.25) is 0 Å². The molecule has 0 spiro atoms. The molecule has 0 amide bonds. The van der Waals surface area contributed by atoms with Gasteiger partial charge in [-0.3, -0.25) is 0 Å². The van der Waals surface area contributed by atoms with Crippen LogP contribution in [0.25, 0.3) is 0 Å². The summed E-state index contributed by atoms with van der Waals surface area (Å²) >= 11 is 3.19. The van der Waals surface area contributed by atoms with Gasteiger partial charge in [0.25, 0.3) is 0 Å². The SMILES string of the molecule is COc1nc(C)cnc1Br. The lowest BCUT2D eigenvalue weighted by atomic mass is 10.5. The first-order valence-corrected chi connectivity index (χ1v) is 3.56. The Morgan fingerprint density at radius 1 is 1.60 bits per heavy atom. The summed E-state index contributed by atoms with van der Waals surface area (Å²) in [5.74, 6) is 0.528. The number of aromatic nitrogens is 2. The first-order chi connectivity index (χ1) is 4.74. The van der Waals surface area contributed by atoms with Crippen molar-refractivity contribution in [2.45, 2.75) is 6.92 Å². The molecule has 1 aromatic heterocycles. The minimum Gasteiger partial charge on any atom is -0.479 e. The van der Waals surface area contributed by atoms with Crippen LogP contribution in [-0.4, -0.2) is 17.1 Å². The van der Waals surface area contributed by atoms with Crippen LogP contribution in [0.1, 0.15) is 5.69 Å². The highest BCUT2D eigenvalue weighted by Crippen LogP contribution is 2.17.